The molecule has 0 aromatic rings. The van der Waals surface area contributed by atoms with Gasteiger partial charge in [-0.05, 0) is 12.8 Å². The Bertz CT molecular complexity index is 531. The van der Waals surface area contributed by atoms with Crippen molar-refractivity contribution in [1.29, 1.82) is 0 Å². The van der Waals surface area contributed by atoms with Gasteiger partial charge in [-0.25, -0.2) is 4.79 Å². The molecule has 0 aromatic heterocycles. The normalized spacial score (nSPS) is 13.7. The lowest BCUT2D eigenvalue weighted by molar-refractivity contribution is -0.197. The number of hydrogen-bond donors (Lipinski definition) is 1. The van der Waals surface area contributed by atoms with Crippen molar-refractivity contribution in [2.75, 3.05) is 57.7 Å². The topological polar surface area (TPSA) is 120 Å². The lowest BCUT2D eigenvalue weighted by atomic mass is 10.4. The summed E-state index contributed by atoms with van der Waals surface area (Å²) in [6.07, 6.45) is 1.83. The van der Waals surface area contributed by atoms with E-state index in [9.17, 15) is 19.2 Å². The number of carbonyl (C=O) groups is 4. The first-order valence-electron chi connectivity index (χ1n) is 10.2. The summed E-state index contributed by atoms with van der Waals surface area (Å²) in [5.74, 6) is -1.24. The average Bonchev–Trinajstić information content (AvgIpc) is 3.04. The highest BCUT2D eigenvalue weighted by molar-refractivity contribution is 7.99. The molecule has 30 heavy (non-hydrogen) atoms. The van der Waals surface area contributed by atoms with Crippen molar-refractivity contribution in [2.24, 2.45) is 0 Å². The van der Waals surface area contributed by atoms with E-state index in [0.29, 0.717) is 56.8 Å². The molecule has 0 bridgehead atoms. The summed E-state index contributed by atoms with van der Waals surface area (Å²) < 4.78 is 16.1. The Balaban J connectivity index is 1.87. The maximum Gasteiger partial charge on any atom is 0.334 e. The maximum absolute atomic E-state index is 11.7. The van der Waals surface area contributed by atoms with Gasteiger partial charge >= 0.3 is 5.97 Å². The van der Waals surface area contributed by atoms with Crippen LogP contribution in [0.4, 0.5) is 0 Å². The highest BCUT2D eigenvalue weighted by Crippen LogP contribution is 2.13. The molecular weight excluding hydrogens is 416 g/mol. The second kappa shape index (κ2) is 17.0. The fourth-order valence-corrected chi connectivity index (χ4v) is 3.01. The third kappa shape index (κ3) is 12.8. The first kappa shape index (κ1) is 26.3. The molecule has 0 aromatic carbocycles. The monoisotopic (exact) mass is 448 g/mol. The van der Waals surface area contributed by atoms with Crippen molar-refractivity contribution >= 4 is 35.5 Å². The molecule has 0 radical (unpaired) electrons. The summed E-state index contributed by atoms with van der Waals surface area (Å²) in [4.78, 5) is 50.8. The van der Waals surface area contributed by atoms with Gasteiger partial charge in [-0.1, -0.05) is 6.92 Å². The molecule has 172 valence electrons. The average molecular weight is 449 g/mol. The summed E-state index contributed by atoms with van der Waals surface area (Å²) >= 11 is 1.27. The third-order valence-corrected chi connectivity index (χ3v) is 4.72. The summed E-state index contributed by atoms with van der Waals surface area (Å²) in [5, 5.41) is 3.29. The SMILES string of the molecule is CCCOCCOCCOCCCNC(=O)CSCCC(=O)ON1C(=O)CCC1=O. The van der Waals surface area contributed by atoms with E-state index < -0.39 is 17.8 Å². The van der Waals surface area contributed by atoms with E-state index in [1.165, 1.54) is 11.8 Å². The van der Waals surface area contributed by atoms with Gasteiger partial charge < -0.3 is 24.4 Å². The first-order valence-corrected chi connectivity index (χ1v) is 11.3. The summed E-state index contributed by atoms with van der Waals surface area (Å²) in [5.41, 5.74) is 0. The van der Waals surface area contributed by atoms with Gasteiger partial charge in [0.1, 0.15) is 0 Å². The molecule has 1 fully saturated rings. The Labute approximate surface area is 181 Å². The highest BCUT2D eigenvalue weighted by atomic mass is 32.2. The Morgan fingerprint density at radius 2 is 1.57 bits per heavy atom. The van der Waals surface area contributed by atoms with E-state index in [1.54, 1.807) is 0 Å². The van der Waals surface area contributed by atoms with Crippen molar-refractivity contribution in [3.63, 3.8) is 0 Å². The van der Waals surface area contributed by atoms with Gasteiger partial charge in [0.05, 0.1) is 38.6 Å². The lowest BCUT2D eigenvalue weighted by Gasteiger charge is -2.12. The third-order valence-electron chi connectivity index (χ3n) is 3.76. The fraction of sp³-hybridized carbons (Fsp3) is 0.789. The lowest BCUT2D eigenvalue weighted by Crippen LogP contribution is -2.32. The van der Waals surface area contributed by atoms with Crippen LogP contribution in [-0.4, -0.2) is 86.4 Å². The number of nitrogens with zero attached hydrogens (tertiary/aromatic N) is 1. The van der Waals surface area contributed by atoms with E-state index in [2.05, 4.69) is 12.2 Å². The molecule has 0 aliphatic carbocycles. The van der Waals surface area contributed by atoms with Crippen LogP contribution in [0.25, 0.3) is 0 Å². The Kier molecular flexibility index (Phi) is 15.0. The van der Waals surface area contributed by atoms with Crippen LogP contribution in [0.1, 0.15) is 39.0 Å². The number of rotatable bonds is 18. The van der Waals surface area contributed by atoms with Gasteiger partial charge in [-0.15, -0.1) is 5.06 Å². The zero-order valence-corrected chi connectivity index (χ0v) is 18.3. The second-order valence-electron chi connectivity index (χ2n) is 6.39. The van der Waals surface area contributed by atoms with Gasteiger partial charge in [-0.3, -0.25) is 14.4 Å². The van der Waals surface area contributed by atoms with Crippen molar-refractivity contribution in [1.82, 2.24) is 10.4 Å². The van der Waals surface area contributed by atoms with Crippen LogP contribution in [0, 0.1) is 0 Å². The quantitative estimate of drug-likeness (QED) is 0.238. The number of amides is 3. The van der Waals surface area contributed by atoms with Crippen LogP contribution < -0.4 is 5.32 Å². The predicted molar refractivity (Wildman–Crippen MR) is 109 cm³/mol. The summed E-state index contributed by atoms with van der Waals surface area (Å²) in [6, 6.07) is 0. The Hall–Kier alpha value is -1.69. The van der Waals surface area contributed by atoms with Crippen molar-refractivity contribution in [3.05, 3.63) is 0 Å². The first-order chi connectivity index (χ1) is 14.5. The van der Waals surface area contributed by atoms with E-state index in [1.807, 2.05) is 0 Å². The molecule has 1 heterocycles. The van der Waals surface area contributed by atoms with Crippen LogP contribution in [0.3, 0.4) is 0 Å². The Morgan fingerprint density at radius 1 is 0.967 bits per heavy atom. The molecule has 3 amide bonds. The van der Waals surface area contributed by atoms with Gasteiger partial charge in [0.25, 0.3) is 11.8 Å². The number of imide groups is 1. The summed E-state index contributed by atoms with van der Waals surface area (Å²) in [6.45, 7) is 6.01. The molecule has 0 unspecified atom stereocenters. The van der Waals surface area contributed by atoms with E-state index in [-0.39, 0.29) is 30.9 Å². The summed E-state index contributed by atoms with van der Waals surface area (Å²) in [7, 11) is 0. The molecule has 11 heteroatoms. The molecule has 0 atom stereocenters. The minimum Gasteiger partial charge on any atom is -0.379 e. The van der Waals surface area contributed by atoms with Crippen LogP contribution in [0.2, 0.25) is 0 Å². The molecular formula is C19H32N2O8S. The molecule has 1 N–H and O–H groups in total. The highest BCUT2D eigenvalue weighted by Gasteiger charge is 2.32. The van der Waals surface area contributed by atoms with Crippen molar-refractivity contribution in [3.8, 4) is 0 Å². The van der Waals surface area contributed by atoms with E-state index >= 15 is 0 Å². The fourth-order valence-electron chi connectivity index (χ4n) is 2.26. The number of thioether (sulfide) groups is 1. The smallest absolute Gasteiger partial charge is 0.334 e. The molecule has 1 rings (SSSR count). The standard InChI is InChI=1S/C19H32N2O8S/c1-2-8-26-10-12-28-13-11-27-9-3-7-20-16(22)15-30-14-6-19(25)29-21-17(23)4-5-18(21)24/h2-15H2,1H3,(H,20,22). The van der Waals surface area contributed by atoms with Gasteiger partial charge in [-0.2, -0.15) is 11.8 Å². The van der Waals surface area contributed by atoms with Crippen LogP contribution in [0.15, 0.2) is 0 Å². The van der Waals surface area contributed by atoms with Gasteiger partial charge in [0.2, 0.25) is 5.91 Å². The van der Waals surface area contributed by atoms with E-state index in [4.69, 9.17) is 19.0 Å². The number of hydroxylamine groups is 2. The Morgan fingerprint density at radius 3 is 2.20 bits per heavy atom. The zero-order valence-electron chi connectivity index (χ0n) is 17.5. The van der Waals surface area contributed by atoms with Crippen LogP contribution >= 0.6 is 11.8 Å². The molecule has 1 aliphatic heterocycles. The zero-order chi connectivity index (χ0) is 22.0. The predicted octanol–water partition coefficient (Wildman–Crippen LogP) is 0.683. The number of hydrogen-bond acceptors (Lipinski definition) is 9. The largest absolute Gasteiger partial charge is 0.379 e. The van der Waals surface area contributed by atoms with Gasteiger partial charge in [0.15, 0.2) is 0 Å². The number of ether oxygens (including phenoxy) is 3. The van der Waals surface area contributed by atoms with Crippen LogP contribution in [-0.2, 0) is 38.2 Å². The molecule has 1 aliphatic rings. The molecule has 10 nitrogen and oxygen atoms in total. The minimum atomic E-state index is -0.666. The molecule has 0 saturated carbocycles. The van der Waals surface area contributed by atoms with Gasteiger partial charge in [0, 0.05) is 38.4 Å². The molecule has 1 saturated heterocycles. The molecule has 0 spiro atoms. The van der Waals surface area contributed by atoms with Crippen LogP contribution in [0.5, 0.6) is 0 Å². The maximum atomic E-state index is 11.7. The van der Waals surface area contributed by atoms with E-state index in [0.717, 1.165) is 13.0 Å². The minimum absolute atomic E-state index is 0.00957. The van der Waals surface area contributed by atoms with Crippen molar-refractivity contribution < 1.29 is 38.2 Å². The number of nitrogens with one attached hydrogen (secondary N) is 1. The number of carbonyl (C=O) groups excluding carboxylic acids is 4. The second-order valence-corrected chi connectivity index (χ2v) is 7.49. The van der Waals surface area contributed by atoms with Crippen molar-refractivity contribution in [2.45, 2.75) is 39.0 Å².